The molecular weight excluding hydrogens is 490 g/mol. The summed E-state index contributed by atoms with van der Waals surface area (Å²) in [5.41, 5.74) is 5.48. The van der Waals surface area contributed by atoms with Gasteiger partial charge in [-0.1, -0.05) is 84.6 Å². The van der Waals surface area contributed by atoms with Crippen LogP contribution in [0.4, 0.5) is 5.69 Å². The number of anilines is 1. The standard InChI is InChI=1S/C13H15N.C12H17NO.C9H19N.C2H6/c14-10-11-6-8-13(9-7-11)12-4-2-1-3-5-12;1-4-9(2)11-6-5-10(3)12(7-11)13-8-14;1-3-8-4-6-9(10-2)7-5-8;1-2/h6-9,12H,1-5H2;5-9H,4H2,1-3H3,(H,13,14);8-10H,3-7H2,1-2H3;1-2H3. The summed E-state index contributed by atoms with van der Waals surface area (Å²) in [6, 6.07) is 17.3. The zero-order valence-electron chi connectivity index (χ0n) is 26.6. The Labute approximate surface area is 246 Å². The van der Waals surface area contributed by atoms with Gasteiger partial charge in [0.05, 0.1) is 11.6 Å². The fourth-order valence-electron chi connectivity index (χ4n) is 5.53. The predicted molar refractivity (Wildman–Crippen MR) is 173 cm³/mol. The molecule has 2 saturated carbocycles. The van der Waals surface area contributed by atoms with Crippen molar-refractivity contribution in [2.75, 3.05) is 12.4 Å². The Morgan fingerprint density at radius 3 is 2.08 bits per heavy atom. The normalized spacial score (nSPS) is 19.1. The molecule has 40 heavy (non-hydrogen) atoms. The van der Waals surface area contributed by atoms with Gasteiger partial charge in [0, 0.05) is 11.7 Å². The number of aryl methyl sites for hydroxylation is 1. The maximum absolute atomic E-state index is 10.4. The molecule has 0 aromatic heterocycles. The van der Waals surface area contributed by atoms with Crippen LogP contribution in [0.15, 0.2) is 42.5 Å². The van der Waals surface area contributed by atoms with Gasteiger partial charge in [0.15, 0.2) is 0 Å². The van der Waals surface area contributed by atoms with Crippen molar-refractivity contribution in [3.8, 4) is 6.07 Å². The first kappa shape index (κ1) is 35.4. The summed E-state index contributed by atoms with van der Waals surface area (Å²) in [6.45, 7) is 12.7. The van der Waals surface area contributed by atoms with Crippen molar-refractivity contribution >= 4 is 12.1 Å². The first-order valence-corrected chi connectivity index (χ1v) is 15.9. The zero-order chi connectivity index (χ0) is 29.8. The summed E-state index contributed by atoms with van der Waals surface area (Å²) in [4.78, 5) is 10.4. The van der Waals surface area contributed by atoms with Gasteiger partial charge < -0.3 is 10.6 Å². The van der Waals surface area contributed by atoms with E-state index >= 15 is 0 Å². The Morgan fingerprint density at radius 1 is 0.950 bits per heavy atom. The molecule has 0 bridgehead atoms. The van der Waals surface area contributed by atoms with Gasteiger partial charge in [0.25, 0.3) is 0 Å². The van der Waals surface area contributed by atoms with Crippen LogP contribution in [-0.4, -0.2) is 19.5 Å². The molecule has 0 heterocycles. The summed E-state index contributed by atoms with van der Waals surface area (Å²) in [5, 5.41) is 14.8. The molecule has 0 radical (unpaired) electrons. The van der Waals surface area contributed by atoms with Crippen LogP contribution in [0.1, 0.15) is 139 Å². The average molecular weight is 548 g/mol. The van der Waals surface area contributed by atoms with Gasteiger partial charge in [-0.2, -0.15) is 5.26 Å². The molecule has 0 saturated heterocycles. The Balaban J connectivity index is 0.000000295. The number of carbonyl (C=O) groups is 1. The molecule has 2 aliphatic carbocycles. The molecule has 1 amide bonds. The molecule has 2 aromatic carbocycles. The molecule has 2 aromatic rings. The molecule has 0 aliphatic heterocycles. The van der Waals surface area contributed by atoms with E-state index in [0.717, 1.165) is 47.5 Å². The number of nitriles is 1. The number of nitrogens with zero attached hydrogens (tertiary/aromatic N) is 1. The van der Waals surface area contributed by atoms with Crippen molar-refractivity contribution < 1.29 is 4.79 Å². The van der Waals surface area contributed by atoms with Crippen molar-refractivity contribution in [3.63, 3.8) is 0 Å². The van der Waals surface area contributed by atoms with Crippen LogP contribution in [0, 0.1) is 24.2 Å². The molecule has 0 spiro atoms. The number of hydrogen-bond acceptors (Lipinski definition) is 3. The largest absolute Gasteiger partial charge is 0.328 e. The molecule has 4 rings (SSSR count). The van der Waals surface area contributed by atoms with E-state index in [0.29, 0.717) is 5.92 Å². The Morgan fingerprint density at radius 2 is 1.57 bits per heavy atom. The molecule has 2 N–H and O–H groups in total. The third-order valence-electron chi connectivity index (χ3n) is 8.61. The topological polar surface area (TPSA) is 64.9 Å². The van der Waals surface area contributed by atoms with E-state index in [1.807, 2.05) is 39.0 Å². The van der Waals surface area contributed by atoms with Gasteiger partial charge in [0.1, 0.15) is 0 Å². The van der Waals surface area contributed by atoms with Crippen molar-refractivity contribution in [2.24, 2.45) is 5.92 Å². The second kappa shape index (κ2) is 21.2. The summed E-state index contributed by atoms with van der Waals surface area (Å²) in [5.74, 6) is 2.32. The van der Waals surface area contributed by atoms with E-state index in [9.17, 15) is 4.79 Å². The van der Waals surface area contributed by atoms with Gasteiger partial charge in [-0.25, -0.2) is 0 Å². The third kappa shape index (κ3) is 12.7. The van der Waals surface area contributed by atoms with Gasteiger partial charge in [0.2, 0.25) is 6.41 Å². The quantitative estimate of drug-likeness (QED) is 0.339. The maximum atomic E-state index is 10.4. The summed E-state index contributed by atoms with van der Waals surface area (Å²) >= 11 is 0. The van der Waals surface area contributed by atoms with E-state index in [-0.39, 0.29) is 0 Å². The number of benzene rings is 2. The minimum atomic E-state index is 0.544. The highest BCUT2D eigenvalue weighted by molar-refractivity contribution is 5.73. The van der Waals surface area contributed by atoms with Crippen molar-refractivity contribution in [2.45, 2.75) is 130 Å². The molecule has 2 aliphatic rings. The van der Waals surface area contributed by atoms with E-state index in [1.165, 1.54) is 75.3 Å². The van der Waals surface area contributed by atoms with Crippen molar-refractivity contribution in [1.29, 1.82) is 5.26 Å². The molecule has 222 valence electrons. The second-order valence-corrected chi connectivity index (χ2v) is 11.1. The number of carbonyl (C=O) groups excluding carboxylic acids is 1. The zero-order valence-corrected chi connectivity index (χ0v) is 26.6. The Kier molecular flexibility index (Phi) is 18.7. The number of nitrogens with one attached hydrogen (secondary N) is 2. The van der Waals surface area contributed by atoms with Gasteiger partial charge >= 0.3 is 0 Å². The van der Waals surface area contributed by atoms with Crippen LogP contribution in [0.5, 0.6) is 0 Å². The summed E-state index contributed by atoms with van der Waals surface area (Å²) in [7, 11) is 2.08. The number of hydrogen-bond donors (Lipinski definition) is 2. The monoisotopic (exact) mass is 547 g/mol. The number of amides is 1. The van der Waals surface area contributed by atoms with E-state index in [2.05, 4.69) is 68.8 Å². The lowest BCUT2D eigenvalue weighted by Crippen LogP contribution is -2.29. The molecule has 1 atom stereocenters. The van der Waals surface area contributed by atoms with Crippen molar-refractivity contribution in [3.05, 3.63) is 64.7 Å². The molecule has 2 fully saturated rings. The average Bonchev–Trinajstić information content (AvgIpc) is 3.04. The minimum Gasteiger partial charge on any atom is -0.328 e. The van der Waals surface area contributed by atoms with Crippen LogP contribution >= 0.6 is 0 Å². The minimum absolute atomic E-state index is 0.544. The van der Waals surface area contributed by atoms with Gasteiger partial charge in [-0.05, 0) is 112 Å². The molecular formula is C36H57N3O. The van der Waals surface area contributed by atoms with E-state index in [4.69, 9.17) is 5.26 Å². The SMILES string of the molecule is CC.CCC(C)c1ccc(C)c(NC=O)c1.CCC1CCC(NC)CC1.N#Cc1ccc(C2CCCCC2)cc1. The first-order valence-electron chi connectivity index (χ1n) is 15.9. The van der Waals surface area contributed by atoms with Crippen LogP contribution in [-0.2, 0) is 4.79 Å². The lowest BCUT2D eigenvalue weighted by Gasteiger charge is -2.27. The fraction of sp³-hybridized carbons (Fsp3) is 0.611. The maximum Gasteiger partial charge on any atom is 0.211 e. The smallest absolute Gasteiger partial charge is 0.211 e. The Hall–Kier alpha value is -2.64. The first-order chi connectivity index (χ1) is 19.4. The lowest BCUT2D eigenvalue weighted by molar-refractivity contribution is -0.105. The van der Waals surface area contributed by atoms with Crippen LogP contribution in [0.3, 0.4) is 0 Å². The van der Waals surface area contributed by atoms with E-state index in [1.54, 1.807) is 0 Å². The van der Waals surface area contributed by atoms with Crippen LogP contribution in [0.2, 0.25) is 0 Å². The van der Waals surface area contributed by atoms with Crippen LogP contribution in [0.25, 0.3) is 0 Å². The summed E-state index contributed by atoms with van der Waals surface area (Å²) in [6.07, 6.45) is 15.7. The van der Waals surface area contributed by atoms with Gasteiger partial charge in [-0.15, -0.1) is 0 Å². The summed E-state index contributed by atoms with van der Waals surface area (Å²) < 4.78 is 0. The third-order valence-corrected chi connectivity index (χ3v) is 8.61. The number of rotatable bonds is 7. The molecule has 4 nitrogen and oxygen atoms in total. The van der Waals surface area contributed by atoms with Crippen LogP contribution < -0.4 is 10.6 Å². The van der Waals surface area contributed by atoms with Gasteiger partial charge in [-0.3, -0.25) is 4.79 Å². The molecule has 1 unspecified atom stereocenters. The fourth-order valence-corrected chi connectivity index (χ4v) is 5.53. The predicted octanol–water partition coefficient (Wildman–Crippen LogP) is 9.88. The second-order valence-electron chi connectivity index (χ2n) is 11.1. The highest BCUT2D eigenvalue weighted by Gasteiger charge is 2.18. The van der Waals surface area contributed by atoms with Crippen molar-refractivity contribution in [1.82, 2.24) is 5.32 Å². The highest BCUT2D eigenvalue weighted by atomic mass is 16.1. The van der Waals surface area contributed by atoms with E-state index < -0.39 is 0 Å². The lowest BCUT2D eigenvalue weighted by atomic mass is 9.84. The highest BCUT2D eigenvalue weighted by Crippen LogP contribution is 2.32. The Bertz CT molecular complexity index is 953. The molecule has 4 heteroatoms.